The van der Waals surface area contributed by atoms with Crippen molar-refractivity contribution < 1.29 is 28.2 Å². The molecule has 2 saturated heterocycles. The van der Waals surface area contributed by atoms with Crippen molar-refractivity contribution in [2.45, 2.75) is 37.6 Å². The van der Waals surface area contributed by atoms with Gasteiger partial charge in [0.25, 0.3) is 5.91 Å². The minimum Gasteiger partial charge on any atom is -0.468 e. The third-order valence-electron chi connectivity index (χ3n) is 8.05. The molecule has 0 N–H and O–H groups in total. The van der Waals surface area contributed by atoms with Crippen LogP contribution in [-0.2, 0) is 26.2 Å². The highest BCUT2D eigenvalue weighted by molar-refractivity contribution is 6.31. The van der Waals surface area contributed by atoms with E-state index in [0.29, 0.717) is 65.7 Å². The number of hydrogen-bond acceptors (Lipinski definition) is 5. The lowest BCUT2D eigenvalue weighted by molar-refractivity contribution is -0.149. The molecule has 5 rings (SSSR count). The number of aldehydes is 1. The van der Waals surface area contributed by atoms with E-state index in [-0.39, 0.29) is 19.0 Å². The molecule has 0 unspecified atom stereocenters. The first-order chi connectivity index (χ1) is 18.4. The Kier molecular flexibility index (Phi) is 7.54. The lowest BCUT2D eigenvalue weighted by Gasteiger charge is -2.40. The van der Waals surface area contributed by atoms with Crippen LogP contribution in [0.4, 0.5) is 4.39 Å². The van der Waals surface area contributed by atoms with Gasteiger partial charge >= 0.3 is 5.97 Å². The van der Waals surface area contributed by atoms with E-state index in [1.165, 1.54) is 19.2 Å². The number of hydrogen-bond donors (Lipinski definition) is 0. The number of amides is 1. The van der Waals surface area contributed by atoms with Gasteiger partial charge in [0.2, 0.25) is 0 Å². The Morgan fingerprint density at radius 1 is 1.13 bits per heavy atom. The molecule has 0 spiro atoms. The van der Waals surface area contributed by atoms with Gasteiger partial charge in [0.05, 0.1) is 23.8 Å². The fraction of sp³-hybridized carbons (Fsp3) is 0.414. The first-order valence-electron chi connectivity index (χ1n) is 12.9. The van der Waals surface area contributed by atoms with Crippen molar-refractivity contribution in [1.29, 1.82) is 0 Å². The van der Waals surface area contributed by atoms with Crippen molar-refractivity contribution in [2.24, 2.45) is 5.92 Å². The van der Waals surface area contributed by atoms with Crippen LogP contribution in [0.1, 0.15) is 52.1 Å². The second-order valence-corrected chi connectivity index (χ2v) is 10.5. The average Bonchev–Trinajstić information content (AvgIpc) is 3.25. The summed E-state index contributed by atoms with van der Waals surface area (Å²) in [5.41, 5.74) is 1.14. The SMILES string of the molecule is COC(=O)C1(c2ccc(F)cc2)CCN(C(=O)c2c(C=O)n(CC3CCOCC3)c3ccc(Cl)cc23)CC1. The molecular weight excluding hydrogens is 511 g/mol. The van der Waals surface area contributed by atoms with Gasteiger partial charge in [0.1, 0.15) is 5.82 Å². The number of halogens is 2. The largest absolute Gasteiger partial charge is 0.468 e. The van der Waals surface area contributed by atoms with Crippen LogP contribution in [0.25, 0.3) is 10.9 Å². The van der Waals surface area contributed by atoms with Gasteiger partial charge in [0.15, 0.2) is 6.29 Å². The zero-order valence-electron chi connectivity index (χ0n) is 21.3. The van der Waals surface area contributed by atoms with E-state index >= 15 is 0 Å². The molecule has 9 heteroatoms. The third kappa shape index (κ3) is 4.71. The summed E-state index contributed by atoms with van der Waals surface area (Å²) in [5, 5.41) is 1.12. The van der Waals surface area contributed by atoms with Crippen molar-refractivity contribution in [2.75, 3.05) is 33.4 Å². The lowest BCUT2D eigenvalue weighted by Crippen LogP contribution is -2.49. The summed E-state index contributed by atoms with van der Waals surface area (Å²) in [5.74, 6) is -0.742. The molecule has 3 aromatic rings. The van der Waals surface area contributed by atoms with Gasteiger partial charge in [-0.15, -0.1) is 0 Å². The zero-order valence-corrected chi connectivity index (χ0v) is 22.0. The molecule has 2 aliphatic rings. The minimum absolute atomic E-state index is 0.275. The number of aromatic nitrogens is 1. The number of rotatable bonds is 6. The second-order valence-electron chi connectivity index (χ2n) is 10.1. The molecule has 0 radical (unpaired) electrons. The van der Waals surface area contributed by atoms with Crippen LogP contribution < -0.4 is 0 Å². The molecule has 2 fully saturated rings. The molecule has 2 aliphatic heterocycles. The van der Waals surface area contributed by atoms with E-state index in [1.807, 2.05) is 10.6 Å². The first-order valence-corrected chi connectivity index (χ1v) is 13.2. The molecule has 0 atom stereocenters. The molecule has 1 amide bonds. The van der Waals surface area contributed by atoms with E-state index in [2.05, 4.69) is 0 Å². The maximum atomic E-state index is 14.0. The number of likely N-dealkylation sites (tertiary alicyclic amines) is 1. The topological polar surface area (TPSA) is 77.8 Å². The Morgan fingerprint density at radius 2 is 1.82 bits per heavy atom. The third-order valence-corrected chi connectivity index (χ3v) is 8.29. The highest BCUT2D eigenvalue weighted by atomic mass is 35.5. The number of fused-ring (bicyclic) bond motifs is 1. The summed E-state index contributed by atoms with van der Waals surface area (Å²) in [6.45, 7) is 2.52. The summed E-state index contributed by atoms with van der Waals surface area (Å²) in [6.07, 6.45) is 3.16. The van der Waals surface area contributed by atoms with Crippen LogP contribution in [0.3, 0.4) is 0 Å². The van der Waals surface area contributed by atoms with Crippen LogP contribution >= 0.6 is 11.6 Å². The summed E-state index contributed by atoms with van der Waals surface area (Å²) < 4.78 is 26.1. The Hall–Kier alpha value is -3.23. The highest BCUT2D eigenvalue weighted by Crippen LogP contribution is 2.38. The standard InChI is InChI=1S/C29H30ClFN2O5/c1-37-28(36)29(20-2-5-22(31)6-3-20)10-12-32(13-11-29)27(35)26-23-16-21(30)4-7-24(23)33(25(26)18-34)17-19-8-14-38-15-9-19/h2-7,16,18-19H,8-15,17H2,1H3. The highest BCUT2D eigenvalue weighted by Gasteiger charge is 2.45. The number of carbonyl (C=O) groups excluding carboxylic acids is 3. The summed E-state index contributed by atoms with van der Waals surface area (Å²) in [7, 11) is 1.33. The molecule has 1 aromatic heterocycles. The van der Waals surface area contributed by atoms with E-state index in [1.54, 1.807) is 29.2 Å². The maximum Gasteiger partial charge on any atom is 0.316 e. The molecule has 3 heterocycles. The van der Waals surface area contributed by atoms with Crippen LogP contribution in [0, 0.1) is 11.7 Å². The maximum absolute atomic E-state index is 14.0. The average molecular weight is 541 g/mol. The van der Waals surface area contributed by atoms with E-state index in [4.69, 9.17) is 21.1 Å². The predicted molar refractivity (Wildman–Crippen MR) is 141 cm³/mol. The van der Waals surface area contributed by atoms with Crippen molar-refractivity contribution in [3.05, 3.63) is 70.1 Å². The molecule has 7 nitrogen and oxygen atoms in total. The quantitative estimate of drug-likeness (QED) is 0.324. The molecule has 200 valence electrons. The lowest BCUT2D eigenvalue weighted by atomic mass is 9.72. The van der Waals surface area contributed by atoms with Gasteiger partial charge in [-0.3, -0.25) is 14.4 Å². The van der Waals surface area contributed by atoms with Gasteiger partial charge in [0, 0.05) is 48.8 Å². The van der Waals surface area contributed by atoms with Crippen molar-refractivity contribution >= 4 is 40.7 Å². The zero-order chi connectivity index (χ0) is 26.9. The van der Waals surface area contributed by atoms with Crippen LogP contribution in [0.15, 0.2) is 42.5 Å². The van der Waals surface area contributed by atoms with Crippen LogP contribution in [0.5, 0.6) is 0 Å². The monoisotopic (exact) mass is 540 g/mol. The fourth-order valence-electron chi connectivity index (χ4n) is 5.90. The number of esters is 1. The van der Waals surface area contributed by atoms with Gasteiger partial charge in [-0.25, -0.2) is 4.39 Å². The van der Waals surface area contributed by atoms with Crippen LogP contribution in [0.2, 0.25) is 5.02 Å². The van der Waals surface area contributed by atoms with Gasteiger partial charge in [-0.05, 0) is 67.5 Å². The number of piperidine rings is 1. The molecular formula is C29H30ClFN2O5. The Morgan fingerprint density at radius 3 is 2.45 bits per heavy atom. The molecule has 0 saturated carbocycles. The summed E-state index contributed by atoms with van der Waals surface area (Å²) in [6, 6.07) is 11.2. The normalized spacial score (nSPS) is 17.9. The smallest absolute Gasteiger partial charge is 0.316 e. The van der Waals surface area contributed by atoms with Crippen molar-refractivity contribution in [1.82, 2.24) is 9.47 Å². The number of ether oxygens (including phenoxy) is 2. The van der Waals surface area contributed by atoms with Crippen molar-refractivity contribution in [3.8, 4) is 0 Å². The molecule has 0 aliphatic carbocycles. The molecule has 38 heavy (non-hydrogen) atoms. The Labute approximate surface area is 225 Å². The first kappa shape index (κ1) is 26.4. The number of benzene rings is 2. The van der Waals surface area contributed by atoms with E-state index in [0.717, 1.165) is 24.6 Å². The Bertz CT molecular complexity index is 1360. The molecule has 0 bridgehead atoms. The summed E-state index contributed by atoms with van der Waals surface area (Å²) >= 11 is 6.33. The number of methoxy groups -OCH3 is 1. The number of nitrogens with zero attached hydrogens (tertiary/aromatic N) is 2. The fourth-order valence-corrected chi connectivity index (χ4v) is 6.07. The second kappa shape index (κ2) is 10.9. The predicted octanol–water partition coefficient (Wildman–Crippen LogP) is 5.02. The van der Waals surface area contributed by atoms with E-state index < -0.39 is 17.2 Å². The van der Waals surface area contributed by atoms with E-state index in [9.17, 15) is 18.8 Å². The molecule has 2 aromatic carbocycles. The van der Waals surface area contributed by atoms with Gasteiger partial charge in [-0.1, -0.05) is 23.7 Å². The Balaban J connectivity index is 1.48. The number of carbonyl (C=O) groups is 3. The summed E-state index contributed by atoms with van der Waals surface area (Å²) in [4.78, 5) is 41.0. The van der Waals surface area contributed by atoms with Crippen LogP contribution in [-0.4, -0.2) is 61.0 Å². The minimum atomic E-state index is -0.979. The van der Waals surface area contributed by atoms with Gasteiger partial charge < -0.3 is 18.9 Å². The van der Waals surface area contributed by atoms with Gasteiger partial charge in [-0.2, -0.15) is 0 Å². The van der Waals surface area contributed by atoms with Crippen molar-refractivity contribution in [3.63, 3.8) is 0 Å².